The Morgan fingerprint density at radius 3 is 1.25 bits per heavy atom. The molecule has 0 aliphatic carbocycles. The molecule has 0 aromatic heterocycles. The maximum absolute atomic E-state index is 12.2. The predicted octanol–water partition coefficient (Wildman–Crippen LogP) is 5.91. The molecule has 0 aliphatic heterocycles. The summed E-state index contributed by atoms with van der Waals surface area (Å²) in [6.07, 6.45) is 8.87. The largest absolute Gasteiger partial charge is 0.299 e. The molecule has 0 amide bonds. The van der Waals surface area contributed by atoms with E-state index >= 15 is 0 Å². The first-order valence-corrected chi connectivity index (χ1v) is 10.7. The molecule has 0 N–H and O–H groups in total. The van der Waals surface area contributed by atoms with Crippen molar-refractivity contribution < 1.29 is 19.2 Å². The number of carbonyl (C=O) groups is 4. The number of ketones is 4. The van der Waals surface area contributed by atoms with Gasteiger partial charge in [0.1, 0.15) is 11.6 Å². The van der Waals surface area contributed by atoms with Crippen LogP contribution in [0.2, 0.25) is 0 Å². The highest BCUT2D eigenvalue weighted by atomic mass is 16.2. The Bertz CT molecular complexity index is 586. The number of hydrogen-bond acceptors (Lipinski definition) is 4. The van der Waals surface area contributed by atoms with Crippen molar-refractivity contribution in [2.24, 2.45) is 0 Å². The molecule has 4 nitrogen and oxygen atoms in total. The maximum Gasteiger partial charge on any atom is 0.170 e. The molecule has 0 aliphatic rings. The number of hydrogen-bond donors (Lipinski definition) is 0. The zero-order chi connectivity index (χ0) is 20.8. The Kier molecular flexibility index (Phi) is 11.9. The first kappa shape index (κ1) is 23.9. The van der Waals surface area contributed by atoms with Crippen LogP contribution in [0.3, 0.4) is 0 Å². The van der Waals surface area contributed by atoms with Crippen molar-refractivity contribution in [3.8, 4) is 0 Å². The number of rotatable bonds is 16. The first-order valence-electron chi connectivity index (χ1n) is 10.7. The fraction of sp³-hybridized carbons (Fsp3) is 0.583. The second kappa shape index (κ2) is 14.0. The summed E-state index contributed by atoms with van der Waals surface area (Å²) in [6, 6.07) is 6.30. The van der Waals surface area contributed by atoms with Crippen LogP contribution in [0.25, 0.3) is 0 Å². The van der Waals surface area contributed by atoms with E-state index in [0.717, 1.165) is 51.4 Å². The molecule has 0 bridgehead atoms. The normalized spacial score (nSPS) is 10.6. The van der Waals surface area contributed by atoms with E-state index in [-0.39, 0.29) is 36.0 Å². The highest BCUT2D eigenvalue weighted by Gasteiger charge is 2.14. The number of carbonyl (C=O) groups excluding carboxylic acids is 4. The topological polar surface area (TPSA) is 68.3 Å². The van der Waals surface area contributed by atoms with Crippen LogP contribution in [0.1, 0.15) is 112 Å². The van der Waals surface area contributed by atoms with Crippen LogP contribution in [-0.2, 0) is 9.59 Å². The third-order valence-corrected chi connectivity index (χ3v) is 4.86. The summed E-state index contributed by atoms with van der Waals surface area (Å²) < 4.78 is 0. The number of Topliss-reactive ketones (excluding diaryl/α,β-unsaturated/α-hetero) is 4. The van der Waals surface area contributed by atoms with E-state index < -0.39 is 0 Å². The lowest BCUT2D eigenvalue weighted by Crippen LogP contribution is -2.10. The Morgan fingerprint density at radius 2 is 0.929 bits per heavy atom. The van der Waals surface area contributed by atoms with Crippen LogP contribution in [-0.4, -0.2) is 23.1 Å². The minimum atomic E-state index is -0.216. The van der Waals surface area contributed by atoms with Crippen molar-refractivity contribution in [3.05, 3.63) is 35.4 Å². The highest BCUT2D eigenvalue weighted by Crippen LogP contribution is 2.13. The van der Waals surface area contributed by atoms with Crippen molar-refractivity contribution >= 4 is 23.1 Å². The Balaban J connectivity index is 2.44. The van der Waals surface area contributed by atoms with Gasteiger partial charge in [-0.3, -0.25) is 19.2 Å². The molecule has 1 rings (SSSR count). The molecular formula is C24H34O4. The van der Waals surface area contributed by atoms with Gasteiger partial charge in [-0.15, -0.1) is 0 Å². The molecule has 0 fully saturated rings. The van der Waals surface area contributed by atoms with E-state index in [1.807, 2.05) is 0 Å². The number of benzene rings is 1. The average Bonchev–Trinajstić information content (AvgIpc) is 2.68. The molecule has 0 saturated heterocycles. The molecule has 0 spiro atoms. The van der Waals surface area contributed by atoms with Gasteiger partial charge in [0.05, 0.1) is 12.8 Å². The summed E-state index contributed by atoms with van der Waals surface area (Å²) in [4.78, 5) is 48.2. The third kappa shape index (κ3) is 9.72. The van der Waals surface area contributed by atoms with Crippen molar-refractivity contribution in [3.63, 3.8) is 0 Å². The molecule has 1 aromatic rings. The molecule has 28 heavy (non-hydrogen) atoms. The molecule has 0 saturated carbocycles. The molecule has 4 heteroatoms. The predicted molar refractivity (Wildman–Crippen MR) is 112 cm³/mol. The lowest BCUT2D eigenvalue weighted by Gasteiger charge is -2.04. The molecule has 0 radical (unpaired) electrons. The number of unbranched alkanes of at least 4 members (excludes halogenated alkanes) is 6. The highest BCUT2D eigenvalue weighted by molar-refractivity contribution is 6.10. The van der Waals surface area contributed by atoms with Crippen molar-refractivity contribution in [1.82, 2.24) is 0 Å². The van der Waals surface area contributed by atoms with Gasteiger partial charge in [-0.05, 0) is 12.8 Å². The fourth-order valence-electron chi connectivity index (χ4n) is 3.08. The van der Waals surface area contributed by atoms with Crippen LogP contribution in [0, 0.1) is 0 Å². The molecule has 1 aromatic carbocycles. The van der Waals surface area contributed by atoms with Crippen LogP contribution in [0.15, 0.2) is 24.3 Å². The quantitative estimate of drug-likeness (QED) is 0.201. The van der Waals surface area contributed by atoms with Crippen molar-refractivity contribution in [2.45, 2.75) is 90.9 Å². The average molecular weight is 387 g/mol. The SMILES string of the molecule is CCCCCCC(=O)CC(=O)c1ccc(C(=O)CC(=O)CCCCCC)cc1. The monoisotopic (exact) mass is 386 g/mol. The second-order valence-electron chi connectivity index (χ2n) is 7.48. The first-order chi connectivity index (χ1) is 13.5. The van der Waals surface area contributed by atoms with Crippen molar-refractivity contribution in [2.75, 3.05) is 0 Å². The lowest BCUT2D eigenvalue weighted by molar-refractivity contribution is -0.119. The van der Waals surface area contributed by atoms with E-state index in [4.69, 9.17) is 0 Å². The lowest BCUT2D eigenvalue weighted by atomic mass is 9.98. The van der Waals surface area contributed by atoms with Gasteiger partial charge < -0.3 is 0 Å². The minimum absolute atomic E-state index is 0.0325. The molecule has 0 heterocycles. The smallest absolute Gasteiger partial charge is 0.170 e. The molecule has 154 valence electrons. The van der Waals surface area contributed by atoms with Crippen molar-refractivity contribution in [1.29, 1.82) is 0 Å². The van der Waals surface area contributed by atoms with Gasteiger partial charge in [-0.1, -0.05) is 76.6 Å². The zero-order valence-electron chi connectivity index (χ0n) is 17.4. The van der Waals surface area contributed by atoms with Gasteiger partial charge in [0.15, 0.2) is 11.6 Å². The summed E-state index contributed by atoms with van der Waals surface area (Å²) in [7, 11) is 0. The Hall–Kier alpha value is -2.10. The summed E-state index contributed by atoms with van der Waals surface area (Å²) in [5.41, 5.74) is 0.869. The second-order valence-corrected chi connectivity index (χ2v) is 7.48. The van der Waals surface area contributed by atoms with E-state index in [9.17, 15) is 19.2 Å². The van der Waals surface area contributed by atoms with Crippen LogP contribution in [0.4, 0.5) is 0 Å². The van der Waals surface area contributed by atoms with Gasteiger partial charge in [-0.2, -0.15) is 0 Å². The summed E-state index contributed by atoms with van der Waals surface area (Å²) >= 11 is 0. The van der Waals surface area contributed by atoms with E-state index in [1.54, 1.807) is 24.3 Å². The van der Waals surface area contributed by atoms with Gasteiger partial charge >= 0.3 is 0 Å². The third-order valence-electron chi connectivity index (χ3n) is 4.86. The van der Waals surface area contributed by atoms with E-state index in [2.05, 4.69) is 13.8 Å². The van der Waals surface area contributed by atoms with Crippen LogP contribution >= 0.6 is 0 Å². The van der Waals surface area contributed by atoms with Gasteiger partial charge in [0, 0.05) is 24.0 Å². The zero-order valence-corrected chi connectivity index (χ0v) is 17.4. The maximum atomic E-state index is 12.2. The summed E-state index contributed by atoms with van der Waals surface area (Å²) in [5, 5.41) is 0. The Morgan fingerprint density at radius 1 is 0.571 bits per heavy atom. The molecular weight excluding hydrogens is 352 g/mol. The van der Waals surface area contributed by atoms with Gasteiger partial charge in [0.25, 0.3) is 0 Å². The Labute approximate surface area is 169 Å². The van der Waals surface area contributed by atoms with Crippen LogP contribution < -0.4 is 0 Å². The van der Waals surface area contributed by atoms with Crippen LogP contribution in [0.5, 0.6) is 0 Å². The molecule has 0 unspecified atom stereocenters. The van der Waals surface area contributed by atoms with Gasteiger partial charge in [-0.25, -0.2) is 0 Å². The molecule has 0 atom stereocenters. The van der Waals surface area contributed by atoms with E-state index in [1.165, 1.54) is 0 Å². The minimum Gasteiger partial charge on any atom is -0.299 e. The van der Waals surface area contributed by atoms with E-state index in [0.29, 0.717) is 24.0 Å². The fourth-order valence-corrected chi connectivity index (χ4v) is 3.08. The van der Waals surface area contributed by atoms with Gasteiger partial charge in [0.2, 0.25) is 0 Å². The summed E-state index contributed by atoms with van der Waals surface area (Å²) in [6.45, 7) is 4.23. The summed E-state index contributed by atoms with van der Waals surface area (Å²) in [5.74, 6) is -0.497. The standard InChI is InChI=1S/C24H34O4/c1-3-5-7-9-11-21(25)17-23(27)19-13-15-20(16-14-19)24(28)18-22(26)12-10-8-6-4-2/h13-16H,3-12,17-18H2,1-2H3.